The molecule has 0 spiro atoms. The molecule has 1 aromatic carbocycles. The normalized spacial score (nSPS) is 25.0. The van der Waals surface area contributed by atoms with E-state index in [-0.39, 0.29) is 17.2 Å². The Bertz CT molecular complexity index is 501. The molecule has 0 bridgehead atoms. The number of ether oxygens (including phenoxy) is 1. The van der Waals surface area contributed by atoms with Crippen molar-refractivity contribution >= 4 is 11.7 Å². The number of hydrogen-bond acceptors (Lipinski definition) is 3. The van der Waals surface area contributed by atoms with Crippen molar-refractivity contribution in [3.63, 3.8) is 0 Å². The van der Waals surface area contributed by atoms with Gasteiger partial charge in [0.1, 0.15) is 11.4 Å². The maximum atomic E-state index is 13.3. The van der Waals surface area contributed by atoms with E-state index in [1.54, 1.807) is 12.1 Å². The highest BCUT2D eigenvalue weighted by atomic mass is 19.1. The molecule has 0 saturated heterocycles. The lowest BCUT2D eigenvalue weighted by Gasteiger charge is -2.43. The van der Waals surface area contributed by atoms with Crippen LogP contribution < -0.4 is 5.32 Å². The van der Waals surface area contributed by atoms with Gasteiger partial charge in [0, 0.05) is 5.69 Å². The number of hydrogen-bond donors (Lipinski definition) is 1. The zero-order valence-electron chi connectivity index (χ0n) is 12.3. The first-order valence-corrected chi connectivity index (χ1v) is 6.99. The van der Waals surface area contributed by atoms with E-state index in [1.807, 2.05) is 0 Å². The lowest BCUT2D eigenvalue weighted by Crippen LogP contribution is -2.52. The predicted octanol–water partition coefficient (Wildman–Crippen LogP) is 3.75. The lowest BCUT2D eigenvalue weighted by molar-refractivity contribution is -0.148. The van der Waals surface area contributed by atoms with E-state index in [0.717, 1.165) is 12.8 Å². The first-order valence-electron chi connectivity index (χ1n) is 6.99. The fourth-order valence-corrected chi connectivity index (χ4v) is 3.23. The summed E-state index contributed by atoms with van der Waals surface area (Å²) in [5.41, 5.74) is -0.0788. The number of carbonyl (C=O) groups is 1. The fraction of sp³-hybridized carbons (Fsp3) is 0.562. The zero-order valence-corrected chi connectivity index (χ0v) is 12.3. The Morgan fingerprint density at radius 2 is 2.10 bits per heavy atom. The summed E-state index contributed by atoms with van der Waals surface area (Å²) in [6, 6.07) is 6.21. The fourth-order valence-electron chi connectivity index (χ4n) is 3.23. The molecular formula is C16H22FNO2. The number of esters is 1. The van der Waals surface area contributed by atoms with Crippen molar-refractivity contribution in [2.75, 3.05) is 12.4 Å². The quantitative estimate of drug-likeness (QED) is 0.856. The minimum absolute atomic E-state index is 0.0623. The number of methoxy groups -OCH3 is 1. The summed E-state index contributed by atoms with van der Waals surface area (Å²) in [5.74, 6) is -0.584. The second-order valence-corrected chi connectivity index (χ2v) is 6.40. The van der Waals surface area contributed by atoms with Gasteiger partial charge in [0.2, 0.25) is 0 Å². The Morgan fingerprint density at radius 3 is 2.70 bits per heavy atom. The Balaban J connectivity index is 2.30. The Labute approximate surface area is 119 Å². The average molecular weight is 279 g/mol. The summed E-state index contributed by atoms with van der Waals surface area (Å²) >= 11 is 0. The highest BCUT2D eigenvalue weighted by molar-refractivity contribution is 5.84. The van der Waals surface area contributed by atoms with E-state index < -0.39 is 5.54 Å². The Hall–Kier alpha value is -1.58. The topological polar surface area (TPSA) is 38.3 Å². The molecule has 1 N–H and O–H groups in total. The van der Waals surface area contributed by atoms with Crippen molar-refractivity contribution in [2.45, 2.75) is 45.1 Å². The van der Waals surface area contributed by atoms with Crippen molar-refractivity contribution in [1.29, 1.82) is 0 Å². The van der Waals surface area contributed by atoms with Crippen LogP contribution in [0.3, 0.4) is 0 Å². The van der Waals surface area contributed by atoms with Crippen LogP contribution >= 0.6 is 0 Å². The highest BCUT2D eigenvalue weighted by Gasteiger charge is 2.46. The molecule has 1 aromatic rings. The van der Waals surface area contributed by atoms with E-state index in [0.29, 0.717) is 18.5 Å². The van der Waals surface area contributed by atoms with Crippen LogP contribution in [0.15, 0.2) is 24.3 Å². The second kappa shape index (κ2) is 5.43. The number of rotatable bonds is 3. The van der Waals surface area contributed by atoms with E-state index in [4.69, 9.17) is 4.74 Å². The minimum Gasteiger partial charge on any atom is -0.467 e. The smallest absolute Gasteiger partial charge is 0.331 e. The number of halogens is 1. The van der Waals surface area contributed by atoms with Gasteiger partial charge in [-0.15, -0.1) is 0 Å². The largest absolute Gasteiger partial charge is 0.467 e. The third-order valence-corrected chi connectivity index (χ3v) is 4.02. The number of nitrogens with one attached hydrogen (secondary N) is 1. The molecule has 110 valence electrons. The van der Waals surface area contributed by atoms with Crippen molar-refractivity contribution in [3.8, 4) is 0 Å². The van der Waals surface area contributed by atoms with Crippen LogP contribution in [0.4, 0.5) is 10.1 Å². The Kier molecular flexibility index (Phi) is 4.02. The maximum Gasteiger partial charge on any atom is 0.331 e. The summed E-state index contributed by atoms with van der Waals surface area (Å²) in [4.78, 5) is 12.3. The molecule has 1 aliphatic rings. The molecule has 0 aliphatic heterocycles. The molecule has 1 saturated carbocycles. The van der Waals surface area contributed by atoms with Crippen LogP contribution in [-0.4, -0.2) is 18.6 Å². The van der Waals surface area contributed by atoms with Crippen molar-refractivity contribution in [1.82, 2.24) is 0 Å². The van der Waals surface area contributed by atoms with Crippen LogP contribution in [0.1, 0.15) is 39.5 Å². The molecule has 1 atom stereocenters. The van der Waals surface area contributed by atoms with Crippen LogP contribution in [0.25, 0.3) is 0 Å². The minimum atomic E-state index is -0.760. The van der Waals surface area contributed by atoms with Crippen LogP contribution in [0.2, 0.25) is 0 Å². The van der Waals surface area contributed by atoms with Gasteiger partial charge in [-0.2, -0.15) is 0 Å². The number of carbonyl (C=O) groups excluding carboxylic acids is 1. The molecule has 2 rings (SSSR count). The molecule has 3 nitrogen and oxygen atoms in total. The van der Waals surface area contributed by atoms with Gasteiger partial charge in [0.25, 0.3) is 0 Å². The molecular weight excluding hydrogens is 257 g/mol. The second-order valence-electron chi connectivity index (χ2n) is 6.40. The van der Waals surface area contributed by atoms with Crippen LogP contribution in [0, 0.1) is 11.2 Å². The number of anilines is 1. The summed E-state index contributed by atoms with van der Waals surface area (Å²) in [7, 11) is 1.40. The molecule has 0 amide bonds. The molecule has 1 fully saturated rings. The molecule has 0 heterocycles. The maximum absolute atomic E-state index is 13.3. The average Bonchev–Trinajstić information content (AvgIpc) is 2.36. The first-order chi connectivity index (χ1) is 9.37. The summed E-state index contributed by atoms with van der Waals surface area (Å²) in [6.07, 6.45) is 3.42. The lowest BCUT2D eigenvalue weighted by atomic mass is 9.68. The van der Waals surface area contributed by atoms with Gasteiger partial charge in [0.05, 0.1) is 7.11 Å². The van der Waals surface area contributed by atoms with Gasteiger partial charge in [-0.1, -0.05) is 19.9 Å². The highest BCUT2D eigenvalue weighted by Crippen LogP contribution is 2.43. The zero-order chi connectivity index (χ0) is 14.8. The van der Waals surface area contributed by atoms with Gasteiger partial charge in [-0.3, -0.25) is 0 Å². The van der Waals surface area contributed by atoms with E-state index in [2.05, 4.69) is 19.2 Å². The van der Waals surface area contributed by atoms with E-state index >= 15 is 0 Å². The molecule has 0 radical (unpaired) electrons. The van der Waals surface area contributed by atoms with Crippen molar-refractivity contribution in [2.24, 2.45) is 5.41 Å². The molecule has 1 unspecified atom stereocenters. The van der Waals surface area contributed by atoms with Crippen LogP contribution in [-0.2, 0) is 9.53 Å². The van der Waals surface area contributed by atoms with Crippen molar-refractivity contribution < 1.29 is 13.9 Å². The van der Waals surface area contributed by atoms with Gasteiger partial charge in [0.15, 0.2) is 0 Å². The molecule has 4 heteroatoms. The first kappa shape index (κ1) is 14.8. The number of benzene rings is 1. The van der Waals surface area contributed by atoms with Gasteiger partial charge in [-0.05, 0) is 49.3 Å². The monoisotopic (exact) mass is 279 g/mol. The summed E-state index contributed by atoms with van der Waals surface area (Å²) in [5, 5.41) is 3.23. The van der Waals surface area contributed by atoms with E-state index in [1.165, 1.54) is 19.2 Å². The third kappa shape index (κ3) is 3.11. The molecule has 20 heavy (non-hydrogen) atoms. The molecule has 0 aromatic heterocycles. The van der Waals surface area contributed by atoms with Gasteiger partial charge < -0.3 is 10.1 Å². The summed E-state index contributed by atoms with van der Waals surface area (Å²) < 4.78 is 18.3. The van der Waals surface area contributed by atoms with Crippen molar-refractivity contribution in [3.05, 3.63) is 30.1 Å². The molecule has 1 aliphatic carbocycles. The van der Waals surface area contributed by atoms with Gasteiger partial charge >= 0.3 is 5.97 Å². The predicted molar refractivity (Wildman–Crippen MR) is 77.0 cm³/mol. The third-order valence-electron chi connectivity index (χ3n) is 4.02. The van der Waals surface area contributed by atoms with E-state index in [9.17, 15) is 9.18 Å². The van der Waals surface area contributed by atoms with Gasteiger partial charge in [-0.25, -0.2) is 9.18 Å². The standard InChI is InChI=1S/C16H22FNO2/c1-15(2)8-5-9-16(11-15,14(19)20-3)18-13-7-4-6-12(17)10-13/h4,6-7,10,18H,5,8-9,11H2,1-3H3. The SMILES string of the molecule is COC(=O)C1(Nc2cccc(F)c2)CCCC(C)(C)C1. The Morgan fingerprint density at radius 1 is 1.35 bits per heavy atom. The summed E-state index contributed by atoms with van der Waals surface area (Å²) in [6.45, 7) is 4.30. The van der Waals surface area contributed by atoms with Crippen LogP contribution in [0.5, 0.6) is 0 Å².